The van der Waals surface area contributed by atoms with Crippen LogP contribution in [0.1, 0.15) is 5.56 Å². The maximum Gasteiger partial charge on any atom is 0.268 e. The Kier molecular flexibility index (Phi) is 4.06. The molecular weight excluding hydrogens is 374 g/mol. The van der Waals surface area contributed by atoms with Crippen LogP contribution in [0, 0.1) is 3.57 Å². The number of hydrogen-bond acceptors (Lipinski definition) is 2. The van der Waals surface area contributed by atoms with E-state index in [4.69, 9.17) is 23.2 Å². The van der Waals surface area contributed by atoms with Crippen molar-refractivity contribution in [2.75, 3.05) is 0 Å². The summed E-state index contributed by atoms with van der Waals surface area (Å²) in [4.78, 5) is 11.7. The van der Waals surface area contributed by atoms with E-state index >= 15 is 0 Å². The van der Waals surface area contributed by atoms with Crippen LogP contribution in [0.3, 0.4) is 0 Å². The topological polar surface area (TPSA) is 34.9 Å². The Morgan fingerprint density at radius 2 is 2.06 bits per heavy atom. The van der Waals surface area contributed by atoms with E-state index in [0.717, 1.165) is 9.13 Å². The summed E-state index contributed by atoms with van der Waals surface area (Å²) < 4.78 is 2.15. The van der Waals surface area contributed by atoms with E-state index in [1.807, 2.05) is 22.6 Å². The molecule has 6 heteroatoms. The quantitative estimate of drug-likeness (QED) is 0.750. The summed E-state index contributed by atoms with van der Waals surface area (Å²) >= 11 is 13.9. The van der Waals surface area contributed by atoms with Gasteiger partial charge in [0.15, 0.2) is 0 Å². The van der Waals surface area contributed by atoms with Crippen molar-refractivity contribution in [1.29, 1.82) is 0 Å². The van der Waals surface area contributed by atoms with Crippen LogP contribution in [0.2, 0.25) is 10.0 Å². The SMILES string of the molecule is O=c1cc(I)cnn1Cc1cc(Cl)ccc1Cl. The number of benzene rings is 1. The Balaban J connectivity index is 2.38. The molecule has 1 heterocycles. The average Bonchev–Trinajstić information content (AvgIpc) is 2.27. The van der Waals surface area contributed by atoms with Crippen molar-refractivity contribution in [2.45, 2.75) is 6.54 Å². The summed E-state index contributed by atoms with van der Waals surface area (Å²) in [6.07, 6.45) is 1.63. The Labute approximate surface area is 122 Å². The van der Waals surface area contributed by atoms with Crippen LogP contribution in [0.4, 0.5) is 0 Å². The van der Waals surface area contributed by atoms with Gasteiger partial charge in [-0.05, 0) is 46.4 Å². The molecule has 0 unspecified atom stereocenters. The van der Waals surface area contributed by atoms with Crippen molar-refractivity contribution in [3.8, 4) is 0 Å². The first-order valence-corrected chi connectivity index (χ1v) is 6.56. The first-order valence-electron chi connectivity index (χ1n) is 4.73. The summed E-state index contributed by atoms with van der Waals surface area (Å²) in [5.41, 5.74) is 0.614. The fourth-order valence-electron chi connectivity index (χ4n) is 1.36. The summed E-state index contributed by atoms with van der Waals surface area (Å²) in [7, 11) is 0. The summed E-state index contributed by atoms with van der Waals surface area (Å²) in [5, 5.41) is 5.20. The van der Waals surface area contributed by atoms with E-state index in [0.29, 0.717) is 16.6 Å². The number of nitrogens with zero attached hydrogens (tertiary/aromatic N) is 2. The molecule has 2 aromatic rings. The molecule has 0 fully saturated rings. The first-order chi connectivity index (χ1) is 8.06. The van der Waals surface area contributed by atoms with Crippen LogP contribution >= 0.6 is 45.8 Å². The molecule has 0 amide bonds. The second-order valence-electron chi connectivity index (χ2n) is 3.41. The molecule has 0 saturated carbocycles. The molecule has 0 N–H and O–H groups in total. The molecular formula is C11H7Cl2IN2O. The minimum atomic E-state index is -0.159. The van der Waals surface area contributed by atoms with Gasteiger partial charge in [-0.3, -0.25) is 4.79 Å². The summed E-state index contributed by atoms with van der Waals surface area (Å²) in [6.45, 7) is 0.315. The van der Waals surface area contributed by atoms with Gasteiger partial charge in [-0.1, -0.05) is 23.2 Å². The normalized spacial score (nSPS) is 10.5. The number of rotatable bonds is 2. The molecule has 1 aromatic heterocycles. The lowest BCUT2D eigenvalue weighted by molar-refractivity contribution is 0.637. The van der Waals surface area contributed by atoms with E-state index in [-0.39, 0.29) is 5.56 Å². The van der Waals surface area contributed by atoms with E-state index in [1.165, 1.54) is 10.7 Å². The van der Waals surface area contributed by atoms with Crippen LogP contribution in [-0.2, 0) is 6.54 Å². The van der Waals surface area contributed by atoms with Gasteiger partial charge in [0, 0.05) is 19.7 Å². The predicted octanol–water partition coefficient (Wildman–Crippen LogP) is 3.20. The zero-order valence-electron chi connectivity index (χ0n) is 8.53. The van der Waals surface area contributed by atoms with Crippen molar-refractivity contribution in [2.24, 2.45) is 0 Å². The van der Waals surface area contributed by atoms with Crippen LogP contribution in [-0.4, -0.2) is 9.78 Å². The van der Waals surface area contributed by atoms with Crippen molar-refractivity contribution >= 4 is 45.8 Å². The molecule has 2 rings (SSSR count). The third-order valence-corrected chi connectivity index (χ3v) is 3.36. The third kappa shape index (κ3) is 3.20. The molecule has 0 bridgehead atoms. The lowest BCUT2D eigenvalue weighted by atomic mass is 10.2. The van der Waals surface area contributed by atoms with E-state index < -0.39 is 0 Å². The van der Waals surface area contributed by atoms with Crippen LogP contribution in [0.25, 0.3) is 0 Å². The Hall–Kier alpha value is -0.590. The van der Waals surface area contributed by atoms with Crippen molar-refractivity contribution < 1.29 is 0 Å². The number of hydrogen-bond donors (Lipinski definition) is 0. The number of aromatic nitrogens is 2. The highest BCUT2D eigenvalue weighted by Crippen LogP contribution is 2.20. The van der Waals surface area contributed by atoms with Gasteiger partial charge < -0.3 is 0 Å². The Morgan fingerprint density at radius 1 is 1.29 bits per heavy atom. The smallest absolute Gasteiger partial charge is 0.268 e. The van der Waals surface area contributed by atoms with Gasteiger partial charge in [0.05, 0.1) is 12.7 Å². The molecule has 0 atom stereocenters. The molecule has 0 saturated heterocycles. The lowest BCUT2D eigenvalue weighted by Crippen LogP contribution is -2.22. The zero-order chi connectivity index (χ0) is 12.4. The largest absolute Gasteiger partial charge is 0.268 e. The van der Waals surface area contributed by atoms with E-state index in [1.54, 1.807) is 24.4 Å². The maximum absolute atomic E-state index is 11.7. The van der Waals surface area contributed by atoms with Gasteiger partial charge in [-0.15, -0.1) is 0 Å². The predicted molar refractivity (Wildman–Crippen MR) is 76.8 cm³/mol. The molecule has 3 nitrogen and oxygen atoms in total. The molecule has 1 aromatic carbocycles. The highest BCUT2D eigenvalue weighted by Gasteiger charge is 2.05. The van der Waals surface area contributed by atoms with Gasteiger partial charge in [-0.2, -0.15) is 5.10 Å². The van der Waals surface area contributed by atoms with E-state index in [9.17, 15) is 4.79 Å². The zero-order valence-corrected chi connectivity index (χ0v) is 12.2. The summed E-state index contributed by atoms with van der Waals surface area (Å²) in [6, 6.07) is 6.66. The van der Waals surface area contributed by atoms with Gasteiger partial charge in [0.25, 0.3) is 5.56 Å². The maximum atomic E-state index is 11.7. The average molecular weight is 381 g/mol. The molecule has 0 spiro atoms. The number of halogens is 3. The molecule has 0 aliphatic carbocycles. The van der Waals surface area contributed by atoms with Crippen molar-refractivity contribution in [1.82, 2.24) is 9.78 Å². The van der Waals surface area contributed by atoms with Gasteiger partial charge in [0.1, 0.15) is 0 Å². The molecule has 0 aliphatic heterocycles. The van der Waals surface area contributed by atoms with Gasteiger partial charge in [-0.25, -0.2) is 4.68 Å². The standard InChI is InChI=1S/C11H7Cl2IN2O/c12-8-1-2-10(13)7(3-8)6-16-11(17)4-9(14)5-15-16/h1-5H,6H2. The fraction of sp³-hybridized carbons (Fsp3) is 0.0909. The molecule has 17 heavy (non-hydrogen) atoms. The second-order valence-corrected chi connectivity index (χ2v) is 5.49. The molecule has 0 radical (unpaired) electrons. The third-order valence-electron chi connectivity index (χ3n) is 2.16. The molecule has 0 aliphatic rings. The minimum absolute atomic E-state index is 0.159. The van der Waals surface area contributed by atoms with Crippen molar-refractivity contribution in [3.63, 3.8) is 0 Å². The van der Waals surface area contributed by atoms with Crippen LogP contribution in [0.5, 0.6) is 0 Å². The highest BCUT2D eigenvalue weighted by molar-refractivity contribution is 14.1. The highest BCUT2D eigenvalue weighted by atomic mass is 127. The minimum Gasteiger partial charge on any atom is -0.268 e. The Bertz CT molecular complexity index is 613. The fourth-order valence-corrected chi connectivity index (χ4v) is 2.12. The second kappa shape index (κ2) is 5.37. The molecule has 88 valence electrons. The summed E-state index contributed by atoms with van der Waals surface area (Å²) in [5.74, 6) is 0. The van der Waals surface area contributed by atoms with Crippen LogP contribution < -0.4 is 5.56 Å². The van der Waals surface area contributed by atoms with Crippen molar-refractivity contribution in [3.05, 3.63) is 60.0 Å². The van der Waals surface area contributed by atoms with Gasteiger partial charge >= 0.3 is 0 Å². The van der Waals surface area contributed by atoms with Gasteiger partial charge in [0.2, 0.25) is 0 Å². The first kappa shape index (κ1) is 12.9. The lowest BCUT2D eigenvalue weighted by Gasteiger charge is -2.06. The Morgan fingerprint density at radius 3 is 2.76 bits per heavy atom. The van der Waals surface area contributed by atoms with Crippen LogP contribution in [0.15, 0.2) is 35.3 Å². The monoisotopic (exact) mass is 380 g/mol. The van der Waals surface area contributed by atoms with E-state index in [2.05, 4.69) is 5.10 Å².